The first kappa shape index (κ1) is 15.1. The monoisotopic (exact) mass is 303 g/mol. The van der Waals surface area contributed by atoms with Crippen LogP contribution >= 0.6 is 12.2 Å². The first-order valence-electron chi connectivity index (χ1n) is 6.40. The molecule has 0 bridgehead atoms. The number of aromatic nitrogens is 1. The molecular weight excluding hydrogens is 286 g/mol. The molecular formula is C15H17N3O2S. The minimum absolute atomic E-state index is 0.470. The van der Waals surface area contributed by atoms with E-state index in [-0.39, 0.29) is 0 Å². The zero-order valence-corrected chi connectivity index (χ0v) is 12.7. The maximum absolute atomic E-state index is 5.30. The molecule has 0 aliphatic heterocycles. The van der Waals surface area contributed by atoms with Crippen molar-refractivity contribution in [1.82, 2.24) is 10.3 Å². The molecule has 0 aliphatic rings. The molecule has 1 aromatic carbocycles. The number of methoxy groups -OCH3 is 2. The summed E-state index contributed by atoms with van der Waals surface area (Å²) in [6.45, 7) is 0.561. The van der Waals surface area contributed by atoms with E-state index < -0.39 is 0 Å². The van der Waals surface area contributed by atoms with Crippen molar-refractivity contribution in [3.8, 4) is 11.5 Å². The third-order valence-corrected chi connectivity index (χ3v) is 3.10. The largest absolute Gasteiger partial charge is 0.496 e. The van der Waals surface area contributed by atoms with E-state index in [1.807, 2.05) is 30.3 Å². The van der Waals surface area contributed by atoms with Crippen LogP contribution in [0, 0.1) is 0 Å². The number of hydrogen-bond donors (Lipinski definition) is 2. The van der Waals surface area contributed by atoms with Gasteiger partial charge < -0.3 is 20.1 Å². The average molecular weight is 303 g/mol. The number of ether oxygens (including phenoxy) is 2. The molecule has 0 aliphatic carbocycles. The average Bonchev–Trinajstić information content (AvgIpc) is 2.53. The molecule has 1 aromatic heterocycles. The smallest absolute Gasteiger partial charge is 0.174 e. The van der Waals surface area contributed by atoms with Gasteiger partial charge in [-0.25, -0.2) is 4.98 Å². The van der Waals surface area contributed by atoms with Crippen LogP contribution in [0.4, 0.5) is 5.82 Å². The highest BCUT2D eigenvalue weighted by Crippen LogP contribution is 2.20. The molecule has 0 amide bonds. The van der Waals surface area contributed by atoms with Crippen molar-refractivity contribution in [1.29, 1.82) is 0 Å². The van der Waals surface area contributed by atoms with E-state index in [2.05, 4.69) is 15.6 Å². The fraction of sp³-hybridized carbons (Fsp3) is 0.200. The minimum Gasteiger partial charge on any atom is -0.496 e. The van der Waals surface area contributed by atoms with Crippen molar-refractivity contribution in [2.24, 2.45) is 0 Å². The van der Waals surface area contributed by atoms with Crippen LogP contribution in [0.2, 0.25) is 0 Å². The number of para-hydroxylation sites is 1. The lowest BCUT2D eigenvalue weighted by atomic mass is 10.2. The molecule has 0 spiro atoms. The molecule has 0 radical (unpaired) electrons. The van der Waals surface area contributed by atoms with Gasteiger partial charge in [-0.1, -0.05) is 18.2 Å². The molecule has 0 atom stereocenters. The summed E-state index contributed by atoms with van der Waals surface area (Å²) < 4.78 is 10.5. The molecule has 0 unspecified atom stereocenters. The number of thiocarbonyl (C=S) groups is 1. The van der Waals surface area contributed by atoms with Crippen LogP contribution in [-0.2, 0) is 6.54 Å². The minimum atomic E-state index is 0.470. The lowest BCUT2D eigenvalue weighted by molar-refractivity contribution is 0.409. The first-order valence-corrected chi connectivity index (χ1v) is 6.81. The Kier molecular flexibility index (Phi) is 5.34. The Labute approximate surface area is 129 Å². The van der Waals surface area contributed by atoms with Crippen LogP contribution in [0.3, 0.4) is 0 Å². The second kappa shape index (κ2) is 7.44. The highest BCUT2D eigenvalue weighted by molar-refractivity contribution is 7.80. The predicted octanol–water partition coefficient (Wildman–Crippen LogP) is 2.59. The SMILES string of the molecule is COc1ccccc1CNC(=S)Nc1ncccc1OC. The van der Waals surface area contributed by atoms with Gasteiger partial charge in [-0.15, -0.1) is 0 Å². The van der Waals surface area contributed by atoms with Crippen LogP contribution in [0.25, 0.3) is 0 Å². The quantitative estimate of drug-likeness (QED) is 0.828. The van der Waals surface area contributed by atoms with Crippen molar-refractivity contribution >= 4 is 23.1 Å². The Morgan fingerprint density at radius 2 is 1.81 bits per heavy atom. The maximum Gasteiger partial charge on any atom is 0.174 e. The number of nitrogens with zero attached hydrogens (tertiary/aromatic N) is 1. The van der Waals surface area contributed by atoms with Crippen LogP contribution in [-0.4, -0.2) is 24.3 Å². The zero-order chi connectivity index (χ0) is 15.1. The standard InChI is InChI=1S/C15H17N3O2S/c1-19-12-7-4-3-6-11(12)10-17-15(21)18-14-13(20-2)8-5-9-16-14/h3-9H,10H2,1-2H3,(H2,16,17,18,21). The van der Waals surface area contributed by atoms with Crippen LogP contribution in [0.5, 0.6) is 11.5 Å². The van der Waals surface area contributed by atoms with Gasteiger partial charge in [0, 0.05) is 18.3 Å². The Hall–Kier alpha value is -2.34. The topological polar surface area (TPSA) is 55.4 Å². The van der Waals surface area contributed by atoms with Crippen molar-refractivity contribution in [2.75, 3.05) is 19.5 Å². The van der Waals surface area contributed by atoms with Gasteiger partial charge in [0.2, 0.25) is 0 Å². The maximum atomic E-state index is 5.30. The fourth-order valence-electron chi connectivity index (χ4n) is 1.83. The second-order valence-electron chi connectivity index (χ2n) is 4.17. The number of nitrogens with one attached hydrogen (secondary N) is 2. The molecule has 6 heteroatoms. The summed E-state index contributed by atoms with van der Waals surface area (Å²) in [5.41, 5.74) is 1.03. The summed E-state index contributed by atoms with van der Waals surface area (Å²) in [7, 11) is 3.24. The highest BCUT2D eigenvalue weighted by Gasteiger charge is 2.06. The molecule has 0 saturated heterocycles. The van der Waals surface area contributed by atoms with E-state index in [4.69, 9.17) is 21.7 Å². The Morgan fingerprint density at radius 3 is 2.57 bits per heavy atom. The van der Waals surface area contributed by atoms with Crippen LogP contribution < -0.4 is 20.1 Å². The van der Waals surface area contributed by atoms with E-state index in [0.717, 1.165) is 11.3 Å². The third-order valence-electron chi connectivity index (χ3n) is 2.85. The normalized spacial score (nSPS) is 9.81. The van der Waals surface area contributed by atoms with Crippen molar-refractivity contribution < 1.29 is 9.47 Å². The Morgan fingerprint density at radius 1 is 1.10 bits per heavy atom. The van der Waals surface area contributed by atoms with Gasteiger partial charge in [-0.3, -0.25) is 0 Å². The van der Waals surface area contributed by atoms with E-state index in [0.29, 0.717) is 23.2 Å². The third kappa shape index (κ3) is 4.06. The molecule has 5 nitrogen and oxygen atoms in total. The molecule has 1 heterocycles. The molecule has 2 aromatic rings. The van der Waals surface area contributed by atoms with E-state index in [9.17, 15) is 0 Å². The first-order chi connectivity index (χ1) is 10.2. The van der Waals surface area contributed by atoms with Crippen LogP contribution in [0.1, 0.15) is 5.56 Å². The summed E-state index contributed by atoms with van der Waals surface area (Å²) in [5.74, 6) is 2.04. The second-order valence-corrected chi connectivity index (χ2v) is 4.58. The van der Waals surface area contributed by atoms with Crippen LogP contribution in [0.15, 0.2) is 42.6 Å². The number of benzene rings is 1. The van der Waals surface area contributed by atoms with Crippen molar-refractivity contribution in [2.45, 2.75) is 6.54 Å². The lowest BCUT2D eigenvalue weighted by Gasteiger charge is -2.13. The van der Waals surface area contributed by atoms with Gasteiger partial charge in [-0.05, 0) is 30.4 Å². The fourth-order valence-corrected chi connectivity index (χ4v) is 1.99. The van der Waals surface area contributed by atoms with Gasteiger partial charge in [0.25, 0.3) is 0 Å². The summed E-state index contributed by atoms with van der Waals surface area (Å²) >= 11 is 5.26. The Balaban J connectivity index is 1.96. The number of pyridine rings is 1. The molecule has 2 N–H and O–H groups in total. The Bertz CT molecular complexity index is 619. The van der Waals surface area contributed by atoms with Gasteiger partial charge in [0.05, 0.1) is 14.2 Å². The predicted molar refractivity (Wildman–Crippen MR) is 86.8 cm³/mol. The van der Waals surface area contributed by atoms with E-state index in [1.165, 1.54) is 0 Å². The summed E-state index contributed by atoms with van der Waals surface area (Å²) in [6, 6.07) is 11.4. The molecule has 0 fully saturated rings. The van der Waals surface area contributed by atoms with Crippen molar-refractivity contribution in [3.05, 3.63) is 48.2 Å². The van der Waals surface area contributed by atoms with Gasteiger partial charge in [-0.2, -0.15) is 0 Å². The highest BCUT2D eigenvalue weighted by atomic mass is 32.1. The van der Waals surface area contributed by atoms with Gasteiger partial charge in [0.1, 0.15) is 5.75 Å². The molecule has 2 rings (SSSR count). The van der Waals surface area contributed by atoms with E-state index in [1.54, 1.807) is 26.5 Å². The molecule has 0 saturated carbocycles. The summed E-state index contributed by atoms with van der Waals surface area (Å²) in [5, 5.41) is 6.60. The number of rotatable bonds is 5. The molecule has 110 valence electrons. The zero-order valence-electron chi connectivity index (χ0n) is 11.9. The van der Waals surface area contributed by atoms with E-state index >= 15 is 0 Å². The summed E-state index contributed by atoms with van der Waals surface area (Å²) in [4.78, 5) is 4.19. The van der Waals surface area contributed by atoms with Gasteiger partial charge in [0.15, 0.2) is 16.7 Å². The number of anilines is 1. The van der Waals surface area contributed by atoms with Crippen molar-refractivity contribution in [3.63, 3.8) is 0 Å². The van der Waals surface area contributed by atoms with Gasteiger partial charge >= 0.3 is 0 Å². The summed E-state index contributed by atoms with van der Waals surface area (Å²) in [6.07, 6.45) is 1.67. The lowest BCUT2D eigenvalue weighted by Crippen LogP contribution is -2.28. The molecule has 21 heavy (non-hydrogen) atoms. The number of hydrogen-bond acceptors (Lipinski definition) is 4.